The van der Waals surface area contributed by atoms with Crippen LogP contribution < -0.4 is 0 Å². The molecule has 2 aromatic rings. The average molecular weight is 334 g/mol. The summed E-state index contributed by atoms with van der Waals surface area (Å²) in [6, 6.07) is 20.8. The molecule has 1 saturated carbocycles. The topological polar surface area (TPSA) is 64.7 Å². The summed E-state index contributed by atoms with van der Waals surface area (Å²) in [5.74, 6) is -0.0679. The molecule has 5 aliphatic rings. The van der Waals surface area contributed by atoms with Crippen LogP contribution in [-0.2, 0) is 15.6 Å². The van der Waals surface area contributed by atoms with Crippen LogP contribution in [0.4, 0.5) is 0 Å². The van der Waals surface area contributed by atoms with Crippen LogP contribution in [-0.4, -0.2) is 5.78 Å². The molecule has 5 aliphatic carbocycles. The standard InChI is InChI=1S/C23H14N2O/c24-11-22-14-5-1-3-7-16(14)23(12-25,17-8-4-2-6-15(17)22)21-18(26)10-9-13-19(21)20(13)22/h1-10,13,19-21H. The molecule has 3 heteroatoms. The minimum atomic E-state index is -1.01. The number of ketones is 1. The summed E-state index contributed by atoms with van der Waals surface area (Å²) >= 11 is 0. The Kier molecular flexibility index (Phi) is 2.24. The lowest BCUT2D eigenvalue weighted by atomic mass is 9.54. The van der Waals surface area contributed by atoms with Crippen LogP contribution in [0.25, 0.3) is 0 Å². The van der Waals surface area contributed by atoms with Crippen molar-refractivity contribution in [2.45, 2.75) is 10.8 Å². The van der Waals surface area contributed by atoms with Crippen LogP contribution in [0.5, 0.6) is 0 Å². The van der Waals surface area contributed by atoms with E-state index in [9.17, 15) is 15.3 Å². The molecule has 0 amide bonds. The van der Waals surface area contributed by atoms with E-state index in [-0.39, 0.29) is 23.5 Å². The van der Waals surface area contributed by atoms with Crippen molar-refractivity contribution in [2.24, 2.45) is 23.7 Å². The van der Waals surface area contributed by atoms with Gasteiger partial charge in [-0.1, -0.05) is 54.6 Å². The summed E-state index contributed by atoms with van der Waals surface area (Å²) in [6.45, 7) is 0. The highest BCUT2D eigenvalue weighted by molar-refractivity contribution is 5.97. The van der Waals surface area contributed by atoms with Gasteiger partial charge in [0, 0.05) is 0 Å². The molecule has 0 aromatic heterocycles. The van der Waals surface area contributed by atoms with E-state index in [1.807, 2.05) is 54.6 Å². The van der Waals surface area contributed by atoms with Crippen LogP contribution in [0.15, 0.2) is 60.7 Å². The smallest absolute Gasteiger partial charge is 0.161 e. The lowest BCUT2D eigenvalue weighted by Gasteiger charge is -2.44. The number of carbonyl (C=O) groups is 1. The fourth-order valence-corrected chi connectivity index (χ4v) is 6.33. The molecular formula is C23H14N2O. The SMILES string of the molecule is N#CC12c3ccccc3C(C#N)(c3ccccc31)C1C3C=CC(=O)C2C31. The van der Waals surface area contributed by atoms with Crippen LogP contribution >= 0.6 is 0 Å². The number of allylic oxidation sites excluding steroid dienone is 2. The van der Waals surface area contributed by atoms with Crippen LogP contribution in [0.3, 0.4) is 0 Å². The molecule has 4 unspecified atom stereocenters. The second-order valence-electron chi connectivity index (χ2n) is 7.85. The van der Waals surface area contributed by atoms with E-state index < -0.39 is 16.7 Å². The lowest BCUT2D eigenvalue weighted by Crippen LogP contribution is -2.47. The third-order valence-electron chi connectivity index (χ3n) is 7.18. The molecule has 0 aliphatic heterocycles. The number of benzene rings is 2. The molecule has 4 atom stereocenters. The van der Waals surface area contributed by atoms with Gasteiger partial charge in [0.1, 0.15) is 10.8 Å². The Bertz CT molecular complexity index is 1080. The Balaban J connectivity index is 1.88. The van der Waals surface area contributed by atoms with E-state index in [1.54, 1.807) is 6.08 Å². The van der Waals surface area contributed by atoms with E-state index in [0.717, 1.165) is 22.3 Å². The van der Waals surface area contributed by atoms with Crippen molar-refractivity contribution in [2.75, 3.05) is 0 Å². The van der Waals surface area contributed by atoms with E-state index >= 15 is 0 Å². The Morgan fingerprint density at radius 2 is 1.31 bits per heavy atom. The highest BCUT2D eigenvalue weighted by Crippen LogP contribution is 2.74. The first-order valence-corrected chi connectivity index (χ1v) is 8.96. The first-order chi connectivity index (χ1) is 12.7. The van der Waals surface area contributed by atoms with E-state index in [4.69, 9.17) is 0 Å². The highest BCUT2D eigenvalue weighted by atomic mass is 16.1. The quantitative estimate of drug-likeness (QED) is 0.743. The largest absolute Gasteiger partial charge is 0.294 e. The van der Waals surface area contributed by atoms with E-state index in [1.165, 1.54) is 0 Å². The second-order valence-corrected chi connectivity index (χ2v) is 7.85. The molecule has 0 N–H and O–H groups in total. The maximum Gasteiger partial charge on any atom is 0.161 e. The van der Waals surface area contributed by atoms with Crippen molar-refractivity contribution < 1.29 is 4.79 Å². The molecular weight excluding hydrogens is 320 g/mol. The van der Waals surface area contributed by atoms with Gasteiger partial charge in [0.25, 0.3) is 0 Å². The van der Waals surface area contributed by atoms with Gasteiger partial charge in [0.2, 0.25) is 0 Å². The molecule has 7 rings (SSSR count). The molecule has 122 valence electrons. The Hall–Kier alpha value is -3.17. The summed E-state index contributed by atoms with van der Waals surface area (Å²) < 4.78 is 0. The molecule has 0 heterocycles. The number of nitriles is 2. The van der Waals surface area contributed by atoms with Crippen molar-refractivity contribution in [3.63, 3.8) is 0 Å². The average Bonchev–Trinajstić information content (AvgIpc) is 3.44. The van der Waals surface area contributed by atoms with Crippen molar-refractivity contribution in [1.29, 1.82) is 10.5 Å². The highest BCUT2D eigenvalue weighted by Gasteiger charge is 2.76. The number of rotatable bonds is 0. The van der Waals surface area contributed by atoms with Crippen LogP contribution in [0, 0.1) is 46.3 Å². The van der Waals surface area contributed by atoms with Gasteiger partial charge in [0.15, 0.2) is 5.78 Å². The van der Waals surface area contributed by atoms with Gasteiger partial charge in [-0.3, -0.25) is 4.79 Å². The normalized spacial score (nSPS) is 39.7. The van der Waals surface area contributed by atoms with Gasteiger partial charge in [-0.2, -0.15) is 10.5 Å². The number of nitrogens with zero attached hydrogens (tertiary/aromatic N) is 2. The van der Waals surface area contributed by atoms with Gasteiger partial charge in [0.05, 0.1) is 18.1 Å². The Labute approximate surface area is 151 Å². The lowest BCUT2D eigenvalue weighted by molar-refractivity contribution is -0.120. The summed E-state index contributed by atoms with van der Waals surface area (Å²) in [7, 11) is 0. The first kappa shape index (κ1) is 14.0. The van der Waals surface area contributed by atoms with E-state index in [0.29, 0.717) is 0 Å². The summed E-state index contributed by atoms with van der Waals surface area (Å²) in [5.41, 5.74) is 1.75. The van der Waals surface area contributed by atoms with E-state index in [2.05, 4.69) is 12.1 Å². The van der Waals surface area contributed by atoms with Gasteiger partial charge in [-0.05, 0) is 46.1 Å². The van der Waals surface area contributed by atoms with Crippen molar-refractivity contribution in [3.8, 4) is 12.1 Å². The van der Waals surface area contributed by atoms with Gasteiger partial charge in [-0.25, -0.2) is 0 Å². The monoisotopic (exact) mass is 334 g/mol. The molecule has 1 fully saturated rings. The zero-order chi connectivity index (χ0) is 17.7. The summed E-state index contributed by atoms with van der Waals surface area (Å²) in [6.07, 6.45) is 3.63. The number of carbonyl (C=O) groups excluding carboxylic acids is 1. The second kappa shape index (κ2) is 4.14. The molecule has 2 aromatic carbocycles. The van der Waals surface area contributed by atoms with Crippen molar-refractivity contribution in [3.05, 3.63) is 82.9 Å². The maximum absolute atomic E-state index is 13.0. The number of hydrogen-bond acceptors (Lipinski definition) is 3. The Morgan fingerprint density at radius 1 is 0.808 bits per heavy atom. The molecule has 0 spiro atoms. The molecule has 2 bridgehead atoms. The fraction of sp³-hybridized carbons (Fsp3) is 0.261. The minimum Gasteiger partial charge on any atom is -0.294 e. The maximum atomic E-state index is 13.0. The van der Waals surface area contributed by atoms with Crippen molar-refractivity contribution in [1.82, 2.24) is 0 Å². The minimum absolute atomic E-state index is 0.0237. The predicted octanol–water partition coefficient (Wildman–Crippen LogP) is 3.25. The zero-order valence-corrected chi connectivity index (χ0v) is 13.9. The molecule has 0 radical (unpaired) electrons. The van der Waals surface area contributed by atoms with Gasteiger partial charge in [-0.15, -0.1) is 0 Å². The summed E-state index contributed by atoms with van der Waals surface area (Å²) in [4.78, 5) is 13.0. The van der Waals surface area contributed by atoms with Gasteiger partial charge < -0.3 is 0 Å². The van der Waals surface area contributed by atoms with Crippen molar-refractivity contribution >= 4 is 5.78 Å². The summed E-state index contributed by atoms with van der Waals surface area (Å²) in [5, 5.41) is 21.0. The van der Waals surface area contributed by atoms with Crippen LogP contribution in [0.2, 0.25) is 0 Å². The Morgan fingerprint density at radius 3 is 1.81 bits per heavy atom. The molecule has 0 saturated heterocycles. The molecule has 3 nitrogen and oxygen atoms in total. The zero-order valence-electron chi connectivity index (χ0n) is 13.9. The third-order valence-corrected chi connectivity index (χ3v) is 7.18. The fourth-order valence-electron chi connectivity index (χ4n) is 6.33. The molecule has 26 heavy (non-hydrogen) atoms. The van der Waals surface area contributed by atoms with Gasteiger partial charge >= 0.3 is 0 Å². The number of hydrogen-bond donors (Lipinski definition) is 0. The predicted molar refractivity (Wildman–Crippen MR) is 93.8 cm³/mol. The van der Waals surface area contributed by atoms with Crippen LogP contribution in [0.1, 0.15) is 22.3 Å². The third kappa shape index (κ3) is 1.17. The first-order valence-electron chi connectivity index (χ1n) is 8.96.